The van der Waals surface area contributed by atoms with Crippen LogP contribution in [-0.2, 0) is 0 Å². The lowest BCUT2D eigenvalue weighted by atomic mass is 10.3. The summed E-state index contributed by atoms with van der Waals surface area (Å²) < 4.78 is 9.42. The standard InChI is InChI=1S/C12H6ClI3O2S/c13-11-2-1-10(19-11)9(17)5-18-12-7(15)3-6(14)4-8(12)16/h1-4H,5H2. The van der Waals surface area contributed by atoms with E-state index in [-0.39, 0.29) is 12.4 Å². The maximum absolute atomic E-state index is 11.9. The lowest BCUT2D eigenvalue weighted by Crippen LogP contribution is -2.11. The Hall–Kier alpha value is 0.870. The quantitative estimate of drug-likeness (QED) is 0.331. The number of ketones is 1. The SMILES string of the molecule is O=C(COc1c(I)cc(I)cc1I)c1ccc(Cl)s1. The number of benzene rings is 1. The Labute approximate surface area is 160 Å². The molecule has 0 saturated carbocycles. The molecule has 0 N–H and O–H groups in total. The van der Waals surface area contributed by atoms with Gasteiger partial charge in [0.05, 0.1) is 16.4 Å². The second kappa shape index (κ2) is 7.23. The van der Waals surface area contributed by atoms with Crippen LogP contribution >= 0.6 is 90.7 Å². The van der Waals surface area contributed by atoms with E-state index in [1.807, 2.05) is 12.1 Å². The van der Waals surface area contributed by atoms with Crippen LogP contribution in [-0.4, -0.2) is 12.4 Å². The highest BCUT2D eigenvalue weighted by molar-refractivity contribution is 14.1. The minimum Gasteiger partial charge on any atom is -0.483 e. The molecule has 0 bridgehead atoms. The first-order valence-corrected chi connectivity index (χ1v) is 9.46. The molecular weight excluding hydrogens is 624 g/mol. The lowest BCUT2D eigenvalue weighted by Gasteiger charge is -2.09. The summed E-state index contributed by atoms with van der Waals surface area (Å²) in [4.78, 5) is 12.6. The number of hydrogen-bond donors (Lipinski definition) is 0. The van der Waals surface area contributed by atoms with Crippen molar-refractivity contribution in [3.05, 3.63) is 44.2 Å². The van der Waals surface area contributed by atoms with E-state index in [9.17, 15) is 4.79 Å². The van der Waals surface area contributed by atoms with Crippen molar-refractivity contribution in [2.45, 2.75) is 0 Å². The number of Topliss-reactive ketones (excluding diaryl/α,β-unsaturated/α-hetero) is 1. The summed E-state index contributed by atoms with van der Waals surface area (Å²) in [6.45, 7) is 0.0312. The topological polar surface area (TPSA) is 26.3 Å². The van der Waals surface area contributed by atoms with Crippen LogP contribution in [0.15, 0.2) is 24.3 Å². The second-order valence-corrected chi connectivity index (χ2v) is 8.80. The summed E-state index contributed by atoms with van der Waals surface area (Å²) in [5.41, 5.74) is 0. The number of thiophene rings is 1. The third-order valence-electron chi connectivity index (χ3n) is 2.16. The number of hydrogen-bond acceptors (Lipinski definition) is 3. The van der Waals surface area contributed by atoms with Gasteiger partial charge in [-0.25, -0.2) is 0 Å². The van der Waals surface area contributed by atoms with Crippen molar-refractivity contribution >= 4 is 96.5 Å². The van der Waals surface area contributed by atoms with Crippen LogP contribution in [0.5, 0.6) is 5.75 Å². The van der Waals surface area contributed by atoms with E-state index in [1.54, 1.807) is 12.1 Å². The Kier molecular flexibility index (Phi) is 6.18. The summed E-state index contributed by atoms with van der Waals surface area (Å²) in [6, 6.07) is 7.48. The molecule has 1 heterocycles. The predicted octanol–water partition coefficient (Wildman–Crippen LogP) is 5.48. The first-order chi connectivity index (χ1) is 8.97. The molecule has 0 aliphatic rings. The molecule has 0 spiro atoms. The molecule has 1 aromatic carbocycles. The summed E-state index contributed by atoms with van der Waals surface area (Å²) in [6.07, 6.45) is 0. The molecule has 7 heteroatoms. The fourth-order valence-corrected chi connectivity index (χ4v) is 6.20. The molecule has 1 aromatic heterocycles. The molecule has 2 nitrogen and oxygen atoms in total. The Balaban J connectivity index is 2.09. The number of carbonyl (C=O) groups is 1. The van der Waals surface area contributed by atoms with E-state index < -0.39 is 0 Å². The third-order valence-corrected chi connectivity index (χ3v) is 5.66. The van der Waals surface area contributed by atoms with Gasteiger partial charge in [-0.05, 0) is 92.0 Å². The molecule has 0 amide bonds. The van der Waals surface area contributed by atoms with Gasteiger partial charge >= 0.3 is 0 Å². The minimum atomic E-state index is -0.0537. The van der Waals surface area contributed by atoms with Crippen LogP contribution in [0.4, 0.5) is 0 Å². The Morgan fingerprint density at radius 3 is 2.37 bits per heavy atom. The molecule has 0 aliphatic heterocycles. The van der Waals surface area contributed by atoms with Crippen molar-refractivity contribution < 1.29 is 9.53 Å². The zero-order valence-electron chi connectivity index (χ0n) is 9.25. The molecule has 0 saturated heterocycles. The van der Waals surface area contributed by atoms with Crippen molar-refractivity contribution in [1.82, 2.24) is 0 Å². The Bertz CT molecular complexity index is 604. The van der Waals surface area contributed by atoms with Gasteiger partial charge in [-0.1, -0.05) is 11.6 Å². The normalized spacial score (nSPS) is 10.5. The van der Waals surface area contributed by atoms with E-state index in [2.05, 4.69) is 67.8 Å². The zero-order valence-corrected chi connectivity index (χ0v) is 17.3. The van der Waals surface area contributed by atoms with Crippen LogP contribution in [0.25, 0.3) is 0 Å². The van der Waals surface area contributed by atoms with Crippen LogP contribution in [0.3, 0.4) is 0 Å². The van der Waals surface area contributed by atoms with Gasteiger partial charge < -0.3 is 4.74 Å². The van der Waals surface area contributed by atoms with E-state index >= 15 is 0 Å². The first-order valence-electron chi connectivity index (χ1n) is 5.03. The smallest absolute Gasteiger partial charge is 0.210 e. The van der Waals surface area contributed by atoms with E-state index in [0.29, 0.717) is 9.21 Å². The molecule has 0 atom stereocenters. The maximum Gasteiger partial charge on any atom is 0.210 e. The lowest BCUT2D eigenvalue weighted by molar-refractivity contribution is 0.0924. The molecule has 0 fully saturated rings. The molecule has 2 rings (SSSR count). The Morgan fingerprint density at radius 2 is 1.84 bits per heavy atom. The van der Waals surface area contributed by atoms with Crippen molar-refractivity contribution in [3.63, 3.8) is 0 Å². The van der Waals surface area contributed by atoms with Crippen LogP contribution < -0.4 is 4.74 Å². The predicted molar refractivity (Wildman–Crippen MR) is 104 cm³/mol. The monoisotopic (exact) mass is 630 g/mol. The fraction of sp³-hybridized carbons (Fsp3) is 0.0833. The van der Waals surface area contributed by atoms with Gasteiger partial charge in [0.25, 0.3) is 0 Å². The summed E-state index contributed by atoms with van der Waals surface area (Å²) >= 11 is 13.8. The average Bonchev–Trinajstić information content (AvgIpc) is 2.74. The molecular formula is C12H6ClI3O2S. The largest absolute Gasteiger partial charge is 0.483 e. The molecule has 0 unspecified atom stereocenters. The highest BCUT2D eigenvalue weighted by atomic mass is 127. The van der Waals surface area contributed by atoms with E-state index in [4.69, 9.17) is 16.3 Å². The second-order valence-electron chi connectivity index (χ2n) is 3.51. The third kappa shape index (κ3) is 4.42. The minimum absolute atomic E-state index is 0.0312. The van der Waals surface area contributed by atoms with Gasteiger partial charge in [0, 0.05) is 3.57 Å². The van der Waals surface area contributed by atoms with Gasteiger partial charge in [-0.2, -0.15) is 0 Å². The van der Waals surface area contributed by atoms with E-state index in [1.165, 1.54) is 11.3 Å². The van der Waals surface area contributed by atoms with Crippen molar-refractivity contribution in [2.24, 2.45) is 0 Å². The number of rotatable bonds is 4. The van der Waals surface area contributed by atoms with Crippen molar-refractivity contribution in [1.29, 1.82) is 0 Å². The summed E-state index contributed by atoms with van der Waals surface area (Å²) in [5.74, 6) is 0.708. The molecule has 0 radical (unpaired) electrons. The highest BCUT2D eigenvalue weighted by Gasteiger charge is 2.13. The average molecular weight is 630 g/mol. The summed E-state index contributed by atoms with van der Waals surface area (Å²) in [7, 11) is 0. The Morgan fingerprint density at radius 1 is 1.21 bits per heavy atom. The highest BCUT2D eigenvalue weighted by Crippen LogP contribution is 2.30. The van der Waals surface area contributed by atoms with Crippen molar-refractivity contribution in [2.75, 3.05) is 6.61 Å². The number of ether oxygens (including phenoxy) is 1. The van der Waals surface area contributed by atoms with Crippen LogP contribution in [0.2, 0.25) is 4.34 Å². The summed E-state index contributed by atoms with van der Waals surface area (Å²) in [5, 5.41) is 0. The molecule has 2 aromatic rings. The number of carbonyl (C=O) groups excluding carboxylic acids is 1. The van der Waals surface area contributed by atoms with Gasteiger partial charge in [0.1, 0.15) is 5.75 Å². The molecule has 0 aliphatic carbocycles. The first kappa shape index (κ1) is 16.2. The van der Waals surface area contributed by atoms with Gasteiger partial charge in [-0.3, -0.25) is 4.79 Å². The van der Waals surface area contributed by atoms with Crippen molar-refractivity contribution in [3.8, 4) is 5.75 Å². The van der Waals surface area contributed by atoms with Gasteiger partial charge in [0.15, 0.2) is 6.61 Å². The van der Waals surface area contributed by atoms with E-state index in [0.717, 1.165) is 16.5 Å². The number of halogens is 4. The fourth-order valence-electron chi connectivity index (χ4n) is 1.34. The maximum atomic E-state index is 11.9. The van der Waals surface area contributed by atoms with Crippen LogP contribution in [0.1, 0.15) is 9.67 Å². The van der Waals surface area contributed by atoms with Gasteiger partial charge in [-0.15, -0.1) is 11.3 Å². The molecule has 100 valence electrons. The molecule has 19 heavy (non-hydrogen) atoms. The zero-order chi connectivity index (χ0) is 14.0. The van der Waals surface area contributed by atoms with Gasteiger partial charge in [0.2, 0.25) is 5.78 Å². The van der Waals surface area contributed by atoms with Crippen LogP contribution in [0, 0.1) is 10.7 Å².